The normalized spacial score (nSPS) is 11.0. The molecule has 0 bridgehead atoms. The standard InChI is InChI=1S/2C30H30N10.4BF4.2Co.2H2O/c2*1-4-10-25(11-5-1)16-38-22-28(31-34-38)19-37(20-29-23-39(35-32-29)17-26-12-6-2-7-13-26)21-30-24-40(36-33-30)18-27-14-8-3-9-15-27;4*2-1(3,4)5;;;;/h2*1-15,22-24H,16-21H2;;;;;;;2*1H2/q;;4*-1;2*+3;;/p-2. The van der Waals surface area contributed by atoms with Gasteiger partial charge in [-0.05, 0) is 33.4 Å². The molecule has 6 heterocycles. The number of hydrogen-bond donors (Lipinski definition) is 0. The summed E-state index contributed by atoms with van der Waals surface area (Å²) in [7, 11) is -24.0. The van der Waals surface area contributed by atoms with Crippen molar-refractivity contribution >= 4 is 29.0 Å². The van der Waals surface area contributed by atoms with Crippen molar-refractivity contribution in [3.8, 4) is 0 Å². The molecule has 0 aliphatic rings. The van der Waals surface area contributed by atoms with Crippen LogP contribution in [0.4, 0.5) is 69.1 Å². The summed E-state index contributed by atoms with van der Waals surface area (Å²) in [6.45, 7) is 7.59. The summed E-state index contributed by atoms with van der Waals surface area (Å²) >= 11 is 0. The molecule has 12 aromatic rings. The fourth-order valence-corrected chi connectivity index (χ4v) is 9.26. The molecule has 6 aromatic heterocycles. The van der Waals surface area contributed by atoms with E-state index in [0.717, 1.165) is 34.2 Å². The SMILES string of the molecule is F[B-](F)(F)F.F[B-](F)(F)F.F[B-](F)(F)F.F[B-](F)(F)F.[Co+3].[Co+3].[OH-].[OH-].c1ccc(Cn2cc(CN(Cc3cn(Cc4ccccc4)nn3)Cc3cn(Cc4ccccc4)nn3)nn2)cc1.c1ccc(Cn2cc(CN(Cc3cn(Cc4ccccc4)nn3)Cc3cn(Cc4ccccc4)nn3)nn2)cc1. The molecule has 0 saturated carbocycles. The third-order valence-corrected chi connectivity index (χ3v) is 13.0. The molecule has 0 atom stereocenters. The van der Waals surface area contributed by atoms with Crippen LogP contribution in [0.2, 0.25) is 0 Å². The number of aromatic nitrogens is 18. The van der Waals surface area contributed by atoms with Crippen molar-refractivity contribution in [1.82, 2.24) is 99.8 Å². The van der Waals surface area contributed by atoms with Crippen LogP contribution in [0.15, 0.2) is 219 Å². The minimum absolute atomic E-state index is 0. The maximum absolute atomic E-state index is 9.75. The Balaban J connectivity index is 0.000000415. The Morgan fingerprint density at radius 1 is 0.221 bits per heavy atom. The second kappa shape index (κ2) is 44.0. The van der Waals surface area contributed by atoms with E-state index in [-0.39, 0.29) is 44.5 Å². The predicted octanol–water partition coefficient (Wildman–Crippen LogP) is 12.5. The Morgan fingerprint density at radius 2 is 0.337 bits per heavy atom. The van der Waals surface area contributed by atoms with Crippen molar-refractivity contribution in [2.45, 2.75) is 78.5 Å². The molecule has 0 amide bonds. The Bertz CT molecular complexity index is 3530. The fourth-order valence-electron chi connectivity index (χ4n) is 9.26. The minimum atomic E-state index is -6.00. The van der Waals surface area contributed by atoms with E-state index in [9.17, 15) is 69.1 Å². The third-order valence-electron chi connectivity index (χ3n) is 13.0. The summed E-state index contributed by atoms with van der Waals surface area (Å²) in [5.41, 5.74) is 12.4. The zero-order valence-electron chi connectivity index (χ0n) is 54.1. The van der Waals surface area contributed by atoms with Gasteiger partial charge in [0.05, 0.1) is 111 Å². The van der Waals surface area contributed by atoms with Crippen molar-refractivity contribution in [2.24, 2.45) is 0 Å². The number of nitrogens with zero attached hydrogens (tertiary/aromatic N) is 20. The van der Waals surface area contributed by atoms with Crippen molar-refractivity contribution in [1.29, 1.82) is 0 Å². The summed E-state index contributed by atoms with van der Waals surface area (Å²) < 4.78 is 167. The van der Waals surface area contributed by atoms with Gasteiger partial charge in [0.2, 0.25) is 0 Å². The van der Waals surface area contributed by atoms with Crippen LogP contribution in [0.5, 0.6) is 0 Å². The first-order valence-electron chi connectivity index (χ1n) is 30.0. The molecule has 0 fully saturated rings. The Morgan fingerprint density at radius 3 is 0.452 bits per heavy atom. The van der Waals surface area contributed by atoms with E-state index in [2.05, 4.69) is 144 Å². The molecule has 6 aromatic carbocycles. The number of halogens is 16. The van der Waals surface area contributed by atoms with Gasteiger partial charge in [0.1, 0.15) is 0 Å². The molecule has 2 N–H and O–H groups in total. The van der Waals surface area contributed by atoms with Gasteiger partial charge in [-0.3, -0.25) is 9.80 Å². The molecule has 0 unspecified atom stereocenters. The number of benzene rings is 6. The zero-order chi connectivity index (χ0) is 72.0. The van der Waals surface area contributed by atoms with Crippen LogP contribution in [0, 0.1) is 0 Å². The largest absolute Gasteiger partial charge is 3.00 e. The topological polar surface area (TPSA) is 251 Å². The molecule has 0 saturated heterocycles. The predicted molar refractivity (Wildman–Crippen MR) is 344 cm³/mol. The number of rotatable bonds is 24. The van der Waals surface area contributed by atoms with E-state index in [4.69, 9.17) is 0 Å². The maximum Gasteiger partial charge on any atom is 3.00 e. The summed E-state index contributed by atoms with van der Waals surface area (Å²) in [6.07, 6.45) is 12.0. The van der Waals surface area contributed by atoms with Crippen LogP contribution in [0.25, 0.3) is 0 Å². The second-order valence-electron chi connectivity index (χ2n) is 21.6. The van der Waals surface area contributed by atoms with Gasteiger partial charge in [-0.2, -0.15) is 0 Å². The van der Waals surface area contributed by atoms with E-state index < -0.39 is 29.0 Å². The Labute approximate surface area is 604 Å². The quantitative estimate of drug-likeness (QED) is 0.0403. The van der Waals surface area contributed by atoms with Crippen LogP contribution in [-0.2, 0) is 112 Å². The number of hydrogen-bond acceptors (Lipinski definition) is 16. The van der Waals surface area contributed by atoms with E-state index >= 15 is 0 Å². The van der Waals surface area contributed by atoms with Crippen LogP contribution in [0.3, 0.4) is 0 Å². The maximum atomic E-state index is 9.75. The first-order valence-corrected chi connectivity index (χ1v) is 30.0. The van der Waals surface area contributed by atoms with Gasteiger partial charge in [-0.25, -0.2) is 28.1 Å². The zero-order valence-corrected chi connectivity index (χ0v) is 56.2. The molecular formula is C60H62B4Co2F16N20O2. The molecule has 556 valence electrons. The summed E-state index contributed by atoms with van der Waals surface area (Å²) in [5, 5.41) is 52.8. The fraction of sp³-hybridized carbons (Fsp3) is 0.200. The smallest absolute Gasteiger partial charge is 0.870 e. The summed E-state index contributed by atoms with van der Waals surface area (Å²) in [6, 6.07) is 61.5. The van der Waals surface area contributed by atoms with Crippen molar-refractivity contribution in [3.05, 3.63) is 287 Å². The average molecular weight is 1560 g/mol. The van der Waals surface area contributed by atoms with Crippen LogP contribution in [-0.4, -0.2) is 140 Å². The molecule has 104 heavy (non-hydrogen) atoms. The molecule has 0 radical (unpaired) electrons. The molecule has 0 aliphatic carbocycles. The van der Waals surface area contributed by atoms with Gasteiger partial charge in [0.25, 0.3) is 0 Å². The third kappa shape index (κ3) is 39.0. The van der Waals surface area contributed by atoms with Crippen LogP contribution >= 0.6 is 0 Å². The van der Waals surface area contributed by atoms with E-state index in [1.54, 1.807) is 0 Å². The van der Waals surface area contributed by atoms with Gasteiger partial charge in [0, 0.05) is 39.3 Å². The summed E-state index contributed by atoms with van der Waals surface area (Å²) in [5.74, 6) is 0. The van der Waals surface area contributed by atoms with Gasteiger partial charge >= 0.3 is 62.6 Å². The molecule has 22 nitrogen and oxygen atoms in total. The first kappa shape index (κ1) is 88.4. The minimum Gasteiger partial charge on any atom is -0.870 e. The van der Waals surface area contributed by atoms with Gasteiger partial charge in [-0.15, -0.1) is 30.6 Å². The van der Waals surface area contributed by atoms with Gasteiger partial charge in [-0.1, -0.05) is 213 Å². The Hall–Kier alpha value is -9.85. The first-order chi connectivity index (χ1) is 47.5. The molecule has 44 heteroatoms. The molecule has 0 aliphatic heterocycles. The van der Waals surface area contributed by atoms with E-state index in [1.165, 1.54) is 33.4 Å². The van der Waals surface area contributed by atoms with Crippen LogP contribution in [0.1, 0.15) is 67.5 Å². The Kier molecular flexibility index (Phi) is 37.3. The second-order valence-corrected chi connectivity index (χ2v) is 21.6. The monoisotopic (exact) mass is 1560 g/mol. The van der Waals surface area contributed by atoms with Crippen molar-refractivity contribution < 1.29 is 114 Å². The average Bonchev–Trinajstić information content (AvgIpc) is 1.71. The van der Waals surface area contributed by atoms with Gasteiger partial charge < -0.3 is 80.0 Å². The summed E-state index contributed by atoms with van der Waals surface area (Å²) in [4.78, 5) is 4.48. The van der Waals surface area contributed by atoms with E-state index in [1.807, 2.05) is 174 Å². The van der Waals surface area contributed by atoms with Crippen molar-refractivity contribution in [3.63, 3.8) is 0 Å². The van der Waals surface area contributed by atoms with Crippen LogP contribution < -0.4 is 0 Å². The van der Waals surface area contributed by atoms with Crippen molar-refractivity contribution in [2.75, 3.05) is 0 Å². The molecular weight excluding hydrogens is 1500 g/mol. The van der Waals surface area contributed by atoms with Gasteiger partial charge in [0.15, 0.2) is 0 Å². The van der Waals surface area contributed by atoms with E-state index in [0.29, 0.717) is 78.5 Å². The molecule has 0 spiro atoms. The molecule has 12 rings (SSSR count).